The molecule has 0 aromatic carbocycles. The van der Waals surface area contributed by atoms with E-state index in [2.05, 4.69) is 29.1 Å². The number of rotatable bonds is 4. The van der Waals surface area contributed by atoms with E-state index in [-0.39, 0.29) is 5.91 Å². The van der Waals surface area contributed by atoms with Crippen molar-refractivity contribution in [3.63, 3.8) is 0 Å². The Hall–Kier alpha value is -1.65. The fourth-order valence-corrected chi connectivity index (χ4v) is 2.36. The third kappa shape index (κ3) is 3.68. The maximum atomic E-state index is 12.5. The van der Waals surface area contributed by atoms with Crippen LogP contribution < -0.4 is 5.32 Å². The molecule has 1 aromatic rings. The van der Waals surface area contributed by atoms with Crippen LogP contribution in [0.4, 0.5) is 5.82 Å². The van der Waals surface area contributed by atoms with E-state index in [4.69, 9.17) is 0 Å². The monoisotopic (exact) mass is 276 g/mol. The van der Waals surface area contributed by atoms with Gasteiger partial charge < -0.3 is 10.2 Å². The van der Waals surface area contributed by atoms with Gasteiger partial charge in [-0.1, -0.05) is 6.92 Å². The highest BCUT2D eigenvalue weighted by atomic mass is 16.2. The predicted octanol–water partition coefficient (Wildman–Crippen LogP) is 2.62. The number of piperidine rings is 1. The maximum Gasteiger partial charge on any atom is 0.272 e. The quantitative estimate of drug-likeness (QED) is 0.918. The summed E-state index contributed by atoms with van der Waals surface area (Å²) in [6.07, 6.45) is 4.41. The number of nitrogens with zero attached hydrogens (tertiary/aromatic N) is 3. The summed E-state index contributed by atoms with van der Waals surface area (Å²) >= 11 is 0. The maximum absolute atomic E-state index is 12.5. The molecule has 110 valence electrons. The van der Waals surface area contributed by atoms with E-state index in [1.807, 2.05) is 11.8 Å². The van der Waals surface area contributed by atoms with Crippen molar-refractivity contribution in [1.29, 1.82) is 0 Å². The molecule has 0 spiro atoms. The van der Waals surface area contributed by atoms with Gasteiger partial charge in [-0.25, -0.2) is 9.97 Å². The van der Waals surface area contributed by atoms with Crippen molar-refractivity contribution >= 4 is 11.7 Å². The molecular weight excluding hydrogens is 252 g/mol. The summed E-state index contributed by atoms with van der Waals surface area (Å²) in [4.78, 5) is 23.0. The van der Waals surface area contributed by atoms with Gasteiger partial charge in [-0.05, 0) is 39.5 Å². The number of aryl methyl sites for hydroxylation is 1. The normalized spacial score (nSPS) is 16.9. The molecule has 0 aliphatic carbocycles. The van der Waals surface area contributed by atoms with Gasteiger partial charge in [0, 0.05) is 25.2 Å². The van der Waals surface area contributed by atoms with Crippen LogP contribution in [0.15, 0.2) is 6.07 Å². The highest BCUT2D eigenvalue weighted by Gasteiger charge is 2.20. The van der Waals surface area contributed by atoms with E-state index in [0.717, 1.165) is 38.2 Å². The Morgan fingerprint density at radius 1 is 1.35 bits per heavy atom. The van der Waals surface area contributed by atoms with Crippen LogP contribution in [0.5, 0.6) is 0 Å². The molecule has 0 bridgehead atoms. The Balaban J connectivity index is 2.16. The van der Waals surface area contributed by atoms with Crippen LogP contribution in [0.2, 0.25) is 0 Å². The molecule has 1 unspecified atom stereocenters. The minimum Gasteiger partial charge on any atom is -0.368 e. The van der Waals surface area contributed by atoms with Crippen molar-refractivity contribution in [1.82, 2.24) is 14.9 Å². The first-order valence-corrected chi connectivity index (χ1v) is 7.51. The summed E-state index contributed by atoms with van der Waals surface area (Å²) in [5.41, 5.74) is 0.505. The number of aromatic nitrogens is 2. The van der Waals surface area contributed by atoms with Crippen molar-refractivity contribution in [3.05, 3.63) is 17.6 Å². The zero-order chi connectivity index (χ0) is 14.5. The number of anilines is 1. The summed E-state index contributed by atoms with van der Waals surface area (Å²) in [6.45, 7) is 7.73. The second-order valence-electron chi connectivity index (χ2n) is 5.49. The van der Waals surface area contributed by atoms with Crippen molar-refractivity contribution in [2.75, 3.05) is 18.4 Å². The molecule has 5 nitrogen and oxygen atoms in total. The van der Waals surface area contributed by atoms with Crippen LogP contribution in [0.1, 0.15) is 55.8 Å². The zero-order valence-electron chi connectivity index (χ0n) is 12.6. The van der Waals surface area contributed by atoms with Crippen molar-refractivity contribution in [2.24, 2.45) is 0 Å². The molecule has 0 radical (unpaired) electrons. The minimum atomic E-state index is 0.0300. The molecule has 1 aromatic heterocycles. The van der Waals surface area contributed by atoms with Gasteiger partial charge in [-0.2, -0.15) is 0 Å². The Labute approximate surface area is 120 Å². The number of amides is 1. The van der Waals surface area contributed by atoms with Crippen LogP contribution in [-0.4, -0.2) is 39.9 Å². The molecule has 1 atom stereocenters. The van der Waals surface area contributed by atoms with Crippen molar-refractivity contribution < 1.29 is 4.79 Å². The number of likely N-dealkylation sites (tertiary alicyclic amines) is 1. The van der Waals surface area contributed by atoms with E-state index >= 15 is 0 Å². The van der Waals surface area contributed by atoms with Gasteiger partial charge in [0.25, 0.3) is 5.91 Å². The Morgan fingerprint density at radius 2 is 2.05 bits per heavy atom. The lowest BCUT2D eigenvalue weighted by Gasteiger charge is -2.26. The number of hydrogen-bond acceptors (Lipinski definition) is 4. The lowest BCUT2D eigenvalue weighted by Crippen LogP contribution is -2.36. The zero-order valence-corrected chi connectivity index (χ0v) is 12.6. The van der Waals surface area contributed by atoms with Crippen LogP contribution in [0.3, 0.4) is 0 Å². The number of nitrogens with one attached hydrogen (secondary N) is 1. The van der Waals surface area contributed by atoms with Crippen LogP contribution in [-0.2, 0) is 0 Å². The van der Waals surface area contributed by atoms with E-state index in [1.54, 1.807) is 6.07 Å². The summed E-state index contributed by atoms with van der Waals surface area (Å²) < 4.78 is 0. The van der Waals surface area contributed by atoms with E-state index in [0.29, 0.717) is 17.6 Å². The number of carbonyl (C=O) groups excluding carboxylic acids is 1. The number of hydrogen-bond donors (Lipinski definition) is 1. The third-order valence-corrected chi connectivity index (χ3v) is 3.71. The van der Waals surface area contributed by atoms with E-state index in [1.165, 1.54) is 6.42 Å². The SMILES string of the molecule is CCC(C)Nc1cc(C(=O)N2CCCCC2)nc(C)n1. The standard InChI is InChI=1S/C15H24N4O/c1-4-11(2)16-14-10-13(17-12(3)18-14)15(20)19-8-6-5-7-9-19/h10-11H,4-9H2,1-3H3,(H,16,17,18). The van der Waals surface area contributed by atoms with Crippen LogP contribution >= 0.6 is 0 Å². The lowest BCUT2D eigenvalue weighted by molar-refractivity contribution is 0.0718. The topological polar surface area (TPSA) is 58.1 Å². The summed E-state index contributed by atoms with van der Waals surface area (Å²) in [6, 6.07) is 2.11. The van der Waals surface area contributed by atoms with Crippen LogP contribution in [0, 0.1) is 6.92 Å². The molecule has 1 aliphatic heterocycles. The van der Waals surface area contributed by atoms with Gasteiger partial charge in [0.15, 0.2) is 0 Å². The number of carbonyl (C=O) groups is 1. The average Bonchev–Trinajstić information content (AvgIpc) is 2.46. The van der Waals surface area contributed by atoms with Gasteiger partial charge in [-0.3, -0.25) is 4.79 Å². The molecule has 2 rings (SSSR count). The molecule has 0 saturated carbocycles. The first-order chi connectivity index (χ1) is 9.60. The van der Waals surface area contributed by atoms with Gasteiger partial charge in [0.2, 0.25) is 0 Å². The third-order valence-electron chi connectivity index (χ3n) is 3.71. The Kier molecular flexibility index (Phi) is 4.93. The average molecular weight is 276 g/mol. The van der Waals surface area contributed by atoms with Crippen molar-refractivity contribution in [2.45, 2.75) is 52.5 Å². The van der Waals surface area contributed by atoms with Crippen LogP contribution in [0.25, 0.3) is 0 Å². The van der Waals surface area contributed by atoms with E-state index in [9.17, 15) is 4.79 Å². The first kappa shape index (κ1) is 14.8. The van der Waals surface area contributed by atoms with Gasteiger partial charge in [0.05, 0.1) is 0 Å². The smallest absolute Gasteiger partial charge is 0.272 e. The second kappa shape index (κ2) is 6.68. The van der Waals surface area contributed by atoms with Gasteiger partial charge in [0.1, 0.15) is 17.3 Å². The molecule has 1 fully saturated rings. The lowest BCUT2D eigenvalue weighted by atomic mass is 10.1. The minimum absolute atomic E-state index is 0.0300. The molecule has 1 amide bonds. The molecule has 1 N–H and O–H groups in total. The first-order valence-electron chi connectivity index (χ1n) is 7.51. The molecule has 1 aliphatic rings. The second-order valence-corrected chi connectivity index (χ2v) is 5.49. The summed E-state index contributed by atoms with van der Waals surface area (Å²) in [5, 5.41) is 3.31. The molecule has 5 heteroatoms. The summed E-state index contributed by atoms with van der Waals surface area (Å²) in [7, 11) is 0. The fraction of sp³-hybridized carbons (Fsp3) is 0.667. The summed E-state index contributed by atoms with van der Waals surface area (Å²) in [5.74, 6) is 1.41. The van der Waals surface area contributed by atoms with E-state index < -0.39 is 0 Å². The Bertz CT molecular complexity index is 469. The van der Waals surface area contributed by atoms with Gasteiger partial charge in [-0.15, -0.1) is 0 Å². The van der Waals surface area contributed by atoms with Gasteiger partial charge >= 0.3 is 0 Å². The molecule has 1 saturated heterocycles. The highest BCUT2D eigenvalue weighted by Crippen LogP contribution is 2.15. The fourth-order valence-electron chi connectivity index (χ4n) is 2.36. The molecule has 2 heterocycles. The molecule has 20 heavy (non-hydrogen) atoms. The predicted molar refractivity (Wildman–Crippen MR) is 79.9 cm³/mol. The molecular formula is C15H24N4O. The largest absolute Gasteiger partial charge is 0.368 e. The van der Waals surface area contributed by atoms with Crippen molar-refractivity contribution in [3.8, 4) is 0 Å². The highest BCUT2D eigenvalue weighted by molar-refractivity contribution is 5.93. The Morgan fingerprint density at radius 3 is 2.70 bits per heavy atom.